The van der Waals surface area contributed by atoms with Gasteiger partial charge in [-0.2, -0.15) is 0 Å². The molecule has 0 amide bonds. The molecule has 3 N–H and O–H groups in total. The summed E-state index contributed by atoms with van der Waals surface area (Å²) in [6.45, 7) is 0. The number of hydrogen-bond donors (Lipinski definition) is 3. The fraction of sp³-hybridized carbons (Fsp3) is 0.0714. The normalized spacial score (nSPS) is 13.2. The molecule has 0 spiro atoms. The van der Waals surface area contributed by atoms with E-state index in [2.05, 4.69) is 112 Å². The highest BCUT2D eigenvalue weighted by Gasteiger charge is 2.18. The molecule has 7 aromatic rings. The number of aromatic amines is 3. The lowest BCUT2D eigenvalue weighted by Gasteiger charge is -2.07. The SMILES string of the molecule is COc1ccc(-c2c3ccc([nH]3)c3nc(c(C4C=CC=C4)c4ccc([nH]4)c4ccc([nH]4)c(-c4ccc(OC)cc4)c4ccc2o4)C=C3)cc1. The first-order chi connectivity index (χ1) is 24.1. The van der Waals surface area contributed by atoms with Gasteiger partial charge in [0.05, 0.1) is 53.2 Å². The Morgan fingerprint density at radius 3 is 1.55 bits per heavy atom. The molecule has 0 atom stereocenters. The molecular formula is C42H32N4O3. The largest absolute Gasteiger partial charge is 0.497 e. The number of furan rings is 1. The van der Waals surface area contributed by atoms with Crippen LogP contribution in [0.4, 0.5) is 0 Å². The van der Waals surface area contributed by atoms with Crippen molar-refractivity contribution >= 4 is 56.4 Å². The Morgan fingerprint density at radius 2 is 0.980 bits per heavy atom. The lowest BCUT2D eigenvalue weighted by Crippen LogP contribution is -1.94. The highest BCUT2D eigenvalue weighted by molar-refractivity contribution is 5.97. The lowest BCUT2D eigenvalue weighted by atomic mass is 9.99. The number of fused-ring (bicyclic) bond motifs is 12. The van der Waals surface area contributed by atoms with E-state index >= 15 is 0 Å². The first-order valence-corrected chi connectivity index (χ1v) is 16.2. The van der Waals surface area contributed by atoms with Crippen molar-refractivity contribution in [3.63, 3.8) is 0 Å². The molecule has 238 valence electrons. The van der Waals surface area contributed by atoms with E-state index in [1.165, 1.54) is 0 Å². The second-order valence-corrected chi connectivity index (χ2v) is 12.2. The zero-order valence-corrected chi connectivity index (χ0v) is 27.0. The summed E-state index contributed by atoms with van der Waals surface area (Å²) in [4.78, 5) is 16.2. The van der Waals surface area contributed by atoms with E-state index < -0.39 is 0 Å². The van der Waals surface area contributed by atoms with Gasteiger partial charge in [-0.05, 0) is 96.1 Å². The van der Waals surface area contributed by atoms with Crippen molar-refractivity contribution in [2.75, 3.05) is 14.2 Å². The van der Waals surface area contributed by atoms with Crippen molar-refractivity contribution in [2.45, 2.75) is 5.92 Å². The maximum Gasteiger partial charge on any atom is 0.137 e. The molecule has 0 unspecified atom stereocenters. The van der Waals surface area contributed by atoms with Crippen molar-refractivity contribution in [3.05, 3.63) is 138 Å². The number of hydrogen-bond acceptors (Lipinski definition) is 4. The van der Waals surface area contributed by atoms with Crippen LogP contribution in [0, 0.1) is 0 Å². The maximum atomic E-state index is 6.82. The monoisotopic (exact) mass is 640 g/mol. The van der Waals surface area contributed by atoms with Gasteiger partial charge in [-0.3, -0.25) is 0 Å². The first-order valence-electron chi connectivity index (χ1n) is 16.2. The molecule has 7 nitrogen and oxygen atoms in total. The second kappa shape index (κ2) is 11.6. The van der Waals surface area contributed by atoms with E-state index in [0.29, 0.717) is 0 Å². The van der Waals surface area contributed by atoms with Gasteiger partial charge in [0, 0.05) is 28.1 Å². The summed E-state index contributed by atoms with van der Waals surface area (Å²) in [5, 5.41) is 0. The average molecular weight is 641 g/mol. The fourth-order valence-electron chi connectivity index (χ4n) is 6.86. The molecule has 0 saturated heterocycles. The van der Waals surface area contributed by atoms with Gasteiger partial charge >= 0.3 is 0 Å². The second-order valence-electron chi connectivity index (χ2n) is 12.2. The minimum atomic E-state index is 0.106. The molecule has 10 bridgehead atoms. The van der Waals surface area contributed by atoms with Crippen LogP contribution in [0.25, 0.3) is 78.7 Å². The van der Waals surface area contributed by atoms with Crippen LogP contribution in [0.5, 0.6) is 11.5 Å². The van der Waals surface area contributed by atoms with Gasteiger partial charge < -0.3 is 28.8 Å². The molecule has 0 fully saturated rings. The Morgan fingerprint density at radius 1 is 0.510 bits per heavy atom. The molecule has 1 aliphatic carbocycles. The number of H-pyrrole nitrogens is 3. The summed E-state index contributed by atoms with van der Waals surface area (Å²) in [7, 11) is 3.35. The zero-order valence-electron chi connectivity index (χ0n) is 27.0. The molecule has 0 radical (unpaired) electrons. The maximum absolute atomic E-state index is 6.82. The topological polar surface area (TPSA) is 91.9 Å². The van der Waals surface area contributed by atoms with Crippen molar-refractivity contribution in [1.29, 1.82) is 0 Å². The molecule has 9 rings (SSSR count). The number of benzene rings is 2. The molecule has 7 heteroatoms. The minimum Gasteiger partial charge on any atom is -0.497 e. The summed E-state index contributed by atoms with van der Waals surface area (Å²) in [6.07, 6.45) is 12.8. The third-order valence-corrected chi connectivity index (χ3v) is 9.31. The first kappa shape index (κ1) is 28.7. The van der Waals surface area contributed by atoms with Crippen molar-refractivity contribution < 1.29 is 13.9 Å². The Hall–Kier alpha value is -6.47. The number of nitrogens with zero attached hydrogens (tertiary/aromatic N) is 1. The standard InChI is InChI=1S/C42H32N4O3/c1-47-28-11-7-26(8-12-28)41-36-21-17-32(45-36)30-15-19-34(43-30)40(25-5-3-4-6-25)35-20-16-31(44-35)33-18-22-37(46-33)42(39-24-23-38(41)49-39)27-9-13-29(48-2)14-10-27/h3-25,43,45-46H,1-2H3. The number of ether oxygens (including phenoxy) is 2. The number of nitrogens with one attached hydrogen (secondary N) is 3. The highest BCUT2D eigenvalue weighted by Crippen LogP contribution is 2.37. The summed E-state index contributed by atoms with van der Waals surface area (Å²) in [5.74, 6) is 1.68. The predicted molar refractivity (Wildman–Crippen MR) is 199 cm³/mol. The van der Waals surface area contributed by atoms with Gasteiger partial charge in [-0.25, -0.2) is 4.98 Å². The molecule has 2 aromatic carbocycles. The molecule has 2 aliphatic rings. The molecular weight excluding hydrogens is 608 g/mol. The third-order valence-electron chi connectivity index (χ3n) is 9.31. The van der Waals surface area contributed by atoms with Crippen LogP contribution in [0.1, 0.15) is 22.9 Å². The van der Waals surface area contributed by atoms with Gasteiger partial charge in [0.2, 0.25) is 0 Å². The average Bonchev–Trinajstić information content (AvgIpc) is 3.98. The van der Waals surface area contributed by atoms with Crippen molar-refractivity contribution in [2.24, 2.45) is 0 Å². The number of aromatic nitrogens is 4. The highest BCUT2D eigenvalue weighted by atomic mass is 16.5. The van der Waals surface area contributed by atoms with Gasteiger partial charge in [0.25, 0.3) is 0 Å². The van der Waals surface area contributed by atoms with Crippen LogP contribution >= 0.6 is 0 Å². The van der Waals surface area contributed by atoms with Gasteiger partial charge in [-0.1, -0.05) is 48.6 Å². The summed E-state index contributed by atoms with van der Waals surface area (Å²) < 4.78 is 17.8. The third kappa shape index (κ3) is 5.03. The van der Waals surface area contributed by atoms with Crippen LogP contribution in [-0.4, -0.2) is 34.2 Å². The van der Waals surface area contributed by atoms with E-state index in [4.69, 9.17) is 18.9 Å². The summed E-state index contributed by atoms with van der Waals surface area (Å²) >= 11 is 0. The summed E-state index contributed by atoms with van der Waals surface area (Å²) in [5.41, 5.74) is 14.0. The quantitative estimate of drug-likeness (QED) is 0.175. The Bertz CT molecular complexity index is 2610. The van der Waals surface area contributed by atoms with Crippen LogP contribution in [-0.2, 0) is 0 Å². The molecule has 6 heterocycles. The summed E-state index contributed by atoms with van der Waals surface area (Å²) in [6, 6.07) is 32.9. The molecule has 5 aromatic heterocycles. The van der Waals surface area contributed by atoms with Crippen molar-refractivity contribution in [1.82, 2.24) is 19.9 Å². The van der Waals surface area contributed by atoms with Crippen LogP contribution < -0.4 is 9.47 Å². The Kier molecular flexibility index (Phi) is 6.83. The lowest BCUT2D eigenvalue weighted by molar-refractivity contribution is 0.415. The zero-order chi connectivity index (χ0) is 32.9. The van der Waals surface area contributed by atoms with Gasteiger partial charge in [0.1, 0.15) is 22.7 Å². The van der Waals surface area contributed by atoms with Crippen molar-refractivity contribution in [3.8, 4) is 33.8 Å². The minimum absolute atomic E-state index is 0.106. The van der Waals surface area contributed by atoms with E-state index in [0.717, 1.165) is 95.0 Å². The smallest absolute Gasteiger partial charge is 0.137 e. The van der Waals surface area contributed by atoms with Crippen LogP contribution in [0.2, 0.25) is 0 Å². The molecule has 0 saturated carbocycles. The number of rotatable bonds is 5. The Balaban J connectivity index is 1.42. The van der Waals surface area contributed by atoms with E-state index in [1.54, 1.807) is 14.2 Å². The van der Waals surface area contributed by atoms with Gasteiger partial charge in [0.15, 0.2) is 0 Å². The number of methoxy groups -OCH3 is 2. The van der Waals surface area contributed by atoms with E-state index in [-0.39, 0.29) is 5.92 Å². The van der Waals surface area contributed by atoms with E-state index in [1.807, 2.05) is 36.4 Å². The van der Waals surface area contributed by atoms with Crippen LogP contribution in [0.15, 0.2) is 126 Å². The fourth-order valence-corrected chi connectivity index (χ4v) is 6.86. The van der Waals surface area contributed by atoms with Crippen LogP contribution in [0.3, 0.4) is 0 Å². The van der Waals surface area contributed by atoms with E-state index in [9.17, 15) is 0 Å². The van der Waals surface area contributed by atoms with Gasteiger partial charge in [-0.15, -0.1) is 0 Å². The number of allylic oxidation sites excluding steroid dienone is 4. The molecule has 1 aliphatic heterocycles. The predicted octanol–water partition coefficient (Wildman–Crippen LogP) is 10.6. The molecule has 49 heavy (non-hydrogen) atoms. The Labute approximate surface area is 281 Å².